The molecular formula is C15H22ClNO. The molecule has 0 aliphatic rings. The van der Waals surface area contributed by atoms with Crippen LogP contribution in [0.15, 0.2) is 18.2 Å². The Morgan fingerprint density at radius 1 is 1.33 bits per heavy atom. The van der Waals surface area contributed by atoms with Gasteiger partial charge in [0.2, 0.25) is 5.91 Å². The van der Waals surface area contributed by atoms with Gasteiger partial charge in [-0.25, -0.2) is 0 Å². The van der Waals surface area contributed by atoms with Crippen molar-refractivity contribution in [3.8, 4) is 0 Å². The molecule has 0 saturated carbocycles. The van der Waals surface area contributed by atoms with Crippen molar-refractivity contribution >= 4 is 23.2 Å². The van der Waals surface area contributed by atoms with E-state index in [2.05, 4.69) is 13.8 Å². The van der Waals surface area contributed by atoms with Crippen LogP contribution in [-0.2, 0) is 4.79 Å². The van der Waals surface area contributed by atoms with E-state index in [1.54, 1.807) is 0 Å². The van der Waals surface area contributed by atoms with Crippen LogP contribution in [0.1, 0.15) is 37.8 Å². The van der Waals surface area contributed by atoms with E-state index in [1.165, 1.54) is 0 Å². The number of aryl methyl sites for hydroxylation is 2. The zero-order chi connectivity index (χ0) is 13.7. The number of alkyl halides is 1. The van der Waals surface area contributed by atoms with Gasteiger partial charge in [-0.15, -0.1) is 11.6 Å². The zero-order valence-corrected chi connectivity index (χ0v) is 12.4. The lowest BCUT2D eigenvalue weighted by molar-refractivity contribution is -0.116. The molecule has 18 heavy (non-hydrogen) atoms. The van der Waals surface area contributed by atoms with Gasteiger partial charge in [0, 0.05) is 11.7 Å². The molecule has 1 rings (SSSR count). The second kappa shape index (κ2) is 6.79. The van der Waals surface area contributed by atoms with E-state index < -0.39 is 0 Å². The van der Waals surface area contributed by atoms with Crippen molar-refractivity contribution < 1.29 is 4.79 Å². The maximum absolute atomic E-state index is 12.1. The van der Waals surface area contributed by atoms with Gasteiger partial charge in [0.25, 0.3) is 0 Å². The number of rotatable bonds is 5. The Kier molecular flexibility index (Phi) is 5.67. The van der Waals surface area contributed by atoms with Crippen molar-refractivity contribution in [3.05, 3.63) is 29.3 Å². The summed E-state index contributed by atoms with van der Waals surface area (Å²) in [4.78, 5) is 14.0. The minimum Gasteiger partial charge on any atom is -0.308 e. The highest BCUT2D eigenvalue weighted by Crippen LogP contribution is 2.28. The van der Waals surface area contributed by atoms with Crippen molar-refractivity contribution in [2.45, 2.75) is 46.6 Å². The summed E-state index contributed by atoms with van der Waals surface area (Å²) in [7, 11) is 0. The first-order valence-corrected chi connectivity index (χ1v) is 7.00. The summed E-state index contributed by atoms with van der Waals surface area (Å²) in [5.41, 5.74) is 3.26. The predicted molar refractivity (Wildman–Crippen MR) is 78.5 cm³/mol. The van der Waals surface area contributed by atoms with E-state index in [0.717, 1.165) is 29.7 Å². The first-order valence-electron chi connectivity index (χ1n) is 6.47. The fraction of sp³-hybridized carbons (Fsp3) is 0.533. The molecule has 0 aliphatic heterocycles. The molecule has 3 heteroatoms. The molecule has 0 aromatic heterocycles. The van der Waals surface area contributed by atoms with Crippen LogP contribution in [0.4, 0.5) is 5.69 Å². The highest BCUT2D eigenvalue weighted by molar-refractivity contribution is 6.29. The summed E-state index contributed by atoms with van der Waals surface area (Å²) < 4.78 is 0. The van der Waals surface area contributed by atoms with Crippen LogP contribution in [-0.4, -0.2) is 17.8 Å². The number of carbonyl (C=O) groups is 1. The van der Waals surface area contributed by atoms with Crippen LogP contribution in [0.25, 0.3) is 0 Å². The fourth-order valence-electron chi connectivity index (χ4n) is 2.39. The third-order valence-corrected chi connectivity index (χ3v) is 3.44. The number of anilines is 1. The van der Waals surface area contributed by atoms with Crippen LogP contribution in [0.3, 0.4) is 0 Å². The van der Waals surface area contributed by atoms with E-state index in [1.807, 2.05) is 36.9 Å². The Hall–Kier alpha value is -1.02. The number of nitrogens with zero attached hydrogens (tertiary/aromatic N) is 1. The molecule has 0 aliphatic carbocycles. The second-order valence-corrected chi connectivity index (χ2v) is 5.04. The van der Waals surface area contributed by atoms with Crippen LogP contribution in [0.2, 0.25) is 0 Å². The molecule has 1 atom stereocenters. The Labute approximate surface area is 115 Å². The molecule has 0 N–H and O–H groups in total. The molecule has 0 saturated heterocycles. The molecule has 0 bridgehead atoms. The molecule has 0 spiro atoms. The van der Waals surface area contributed by atoms with Gasteiger partial charge in [-0.3, -0.25) is 4.79 Å². The quantitative estimate of drug-likeness (QED) is 0.737. The SMILES string of the molecule is CCCC(C)N(C(=O)CCl)c1c(C)cccc1C. The lowest BCUT2D eigenvalue weighted by Crippen LogP contribution is -2.40. The molecule has 1 aromatic carbocycles. The van der Waals surface area contributed by atoms with E-state index >= 15 is 0 Å². The molecule has 100 valence electrons. The second-order valence-electron chi connectivity index (χ2n) is 4.78. The van der Waals surface area contributed by atoms with Crippen LogP contribution in [0.5, 0.6) is 0 Å². The van der Waals surface area contributed by atoms with E-state index in [-0.39, 0.29) is 17.8 Å². The van der Waals surface area contributed by atoms with Crippen molar-refractivity contribution in [1.82, 2.24) is 0 Å². The van der Waals surface area contributed by atoms with Crippen LogP contribution in [0, 0.1) is 13.8 Å². The van der Waals surface area contributed by atoms with E-state index in [4.69, 9.17) is 11.6 Å². The number of hydrogen-bond acceptors (Lipinski definition) is 1. The maximum atomic E-state index is 12.1. The Morgan fingerprint density at radius 2 is 1.89 bits per heavy atom. The third kappa shape index (κ3) is 3.26. The summed E-state index contributed by atoms with van der Waals surface area (Å²) in [6.07, 6.45) is 2.04. The summed E-state index contributed by atoms with van der Waals surface area (Å²) in [6, 6.07) is 6.27. The van der Waals surface area contributed by atoms with Crippen LogP contribution >= 0.6 is 11.6 Å². The van der Waals surface area contributed by atoms with Crippen molar-refractivity contribution in [2.24, 2.45) is 0 Å². The zero-order valence-electron chi connectivity index (χ0n) is 11.7. The first kappa shape index (κ1) is 15.0. The molecule has 1 unspecified atom stereocenters. The standard InChI is InChI=1S/C15H22ClNO/c1-5-7-13(4)17(14(18)10-16)15-11(2)8-6-9-12(15)3/h6,8-9,13H,5,7,10H2,1-4H3. The summed E-state index contributed by atoms with van der Waals surface area (Å²) in [5, 5.41) is 0. The van der Waals surface area contributed by atoms with Gasteiger partial charge in [-0.1, -0.05) is 31.5 Å². The van der Waals surface area contributed by atoms with Gasteiger partial charge in [-0.05, 0) is 38.3 Å². The van der Waals surface area contributed by atoms with Gasteiger partial charge in [0.1, 0.15) is 5.88 Å². The number of amides is 1. The average Bonchev–Trinajstić information content (AvgIpc) is 2.33. The molecule has 0 radical (unpaired) electrons. The lowest BCUT2D eigenvalue weighted by atomic mass is 10.0. The van der Waals surface area contributed by atoms with Crippen molar-refractivity contribution in [3.63, 3.8) is 0 Å². The average molecular weight is 268 g/mol. The molecule has 2 nitrogen and oxygen atoms in total. The van der Waals surface area contributed by atoms with Gasteiger partial charge in [-0.2, -0.15) is 0 Å². The number of para-hydroxylation sites is 1. The lowest BCUT2D eigenvalue weighted by Gasteiger charge is -2.31. The number of benzene rings is 1. The number of carbonyl (C=O) groups excluding carboxylic acids is 1. The van der Waals surface area contributed by atoms with Gasteiger partial charge >= 0.3 is 0 Å². The predicted octanol–water partition coefficient (Wildman–Crippen LogP) is 4.06. The fourth-order valence-corrected chi connectivity index (χ4v) is 2.52. The summed E-state index contributed by atoms with van der Waals surface area (Å²) >= 11 is 5.75. The van der Waals surface area contributed by atoms with Gasteiger partial charge in [0.15, 0.2) is 0 Å². The molecular weight excluding hydrogens is 246 g/mol. The van der Waals surface area contributed by atoms with Crippen LogP contribution < -0.4 is 4.90 Å². The Bertz CT molecular complexity index is 397. The first-order chi connectivity index (χ1) is 8.52. The summed E-state index contributed by atoms with van der Waals surface area (Å²) in [5.74, 6) is 0.0111. The molecule has 1 aromatic rings. The topological polar surface area (TPSA) is 20.3 Å². The minimum atomic E-state index is -0.0185. The van der Waals surface area contributed by atoms with Crippen molar-refractivity contribution in [1.29, 1.82) is 0 Å². The molecule has 0 heterocycles. The van der Waals surface area contributed by atoms with Gasteiger partial charge < -0.3 is 4.90 Å². The highest BCUT2D eigenvalue weighted by atomic mass is 35.5. The molecule has 1 amide bonds. The highest BCUT2D eigenvalue weighted by Gasteiger charge is 2.23. The van der Waals surface area contributed by atoms with Crippen molar-refractivity contribution in [2.75, 3.05) is 10.8 Å². The largest absolute Gasteiger partial charge is 0.308 e. The van der Waals surface area contributed by atoms with Gasteiger partial charge in [0.05, 0.1) is 0 Å². The monoisotopic (exact) mass is 267 g/mol. The smallest absolute Gasteiger partial charge is 0.242 e. The van der Waals surface area contributed by atoms with E-state index in [0.29, 0.717) is 0 Å². The molecule has 0 fully saturated rings. The Balaban J connectivity index is 3.21. The van der Waals surface area contributed by atoms with E-state index in [9.17, 15) is 4.79 Å². The number of halogens is 1. The number of hydrogen-bond donors (Lipinski definition) is 0. The maximum Gasteiger partial charge on any atom is 0.242 e. The third-order valence-electron chi connectivity index (χ3n) is 3.21. The minimum absolute atomic E-state index is 0.0185. The normalized spacial score (nSPS) is 12.3. The Morgan fingerprint density at radius 3 is 2.33 bits per heavy atom. The summed E-state index contributed by atoms with van der Waals surface area (Å²) in [6.45, 7) is 8.29.